The Morgan fingerprint density at radius 1 is 1.25 bits per heavy atom. The predicted molar refractivity (Wildman–Crippen MR) is 86.0 cm³/mol. The van der Waals surface area contributed by atoms with Crippen LogP contribution in [0.4, 0.5) is 11.5 Å². The van der Waals surface area contributed by atoms with Crippen LogP contribution in [-0.2, 0) is 0 Å². The van der Waals surface area contributed by atoms with Crippen LogP contribution >= 0.6 is 0 Å². The fraction of sp³-hybridized carbons (Fsp3) is 0.471. The maximum atomic E-state index is 5.82. The fourth-order valence-corrected chi connectivity index (χ4v) is 2.56. The average Bonchev–Trinajstić information content (AvgIpc) is 3.23. The maximum absolute atomic E-state index is 5.82. The zero-order chi connectivity index (χ0) is 14.1. The topological polar surface area (TPSA) is 42.1 Å². The predicted octanol–water partition coefficient (Wildman–Crippen LogP) is 3.83. The highest BCUT2D eigenvalue weighted by molar-refractivity contribution is 5.83. The Morgan fingerprint density at radius 3 is 2.75 bits per heavy atom. The Morgan fingerprint density at radius 2 is 2.05 bits per heavy atom. The molecule has 1 fully saturated rings. The number of benzene rings is 1. The van der Waals surface area contributed by atoms with Crippen molar-refractivity contribution in [1.82, 2.24) is 4.98 Å². The van der Waals surface area contributed by atoms with Crippen molar-refractivity contribution in [3.63, 3.8) is 0 Å². The van der Waals surface area contributed by atoms with Crippen molar-refractivity contribution in [3.8, 4) is 0 Å². The number of nitrogens with zero attached hydrogens (tertiary/aromatic N) is 2. The molecule has 20 heavy (non-hydrogen) atoms. The molecule has 0 spiro atoms. The minimum Gasteiger partial charge on any atom is -0.399 e. The summed E-state index contributed by atoms with van der Waals surface area (Å²) < 4.78 is 0. The highest BCUT2D eigenvalue weighted by atomic mass is 15.2. The number of nitrogens with two attached hydrogens (primary N) is 1. The molecule has 1 aromatic heterocycles. The molecule has 2 aromatic rings. The molecule has 1 aliphatic rings. The van der Waals surface area contributed by atoms with Crippen molar-refractivity contribution in [1.29, 1.82) is 0 Å². The van der Waals surface area contributed by atoms with Crippen molar-refractivity contribution in [2.45, 2.75) is 39.2 Å². The SMILES string of the molecule is CC(C)CCN(c1ccc2cc(N)ccc2n1)C1CC1. The van der Waals surface area contributed by atoms with E-state index in [4.69, 9.17) is 10.7 Å². The molecule has 1 heterocycles. The van der Waals surface area contributed by atoms with Crippen molar-refractivity contribution in [2.24, 2.45) is 5.92 Å². The van der Waals surface area contributed by atoms with E-state index in [1.54, 1.807) is 0 Å². The minimum absolute atomic E-state index is 0.701. The largest absolute Gasteiger partial charge is 0.399 e. The second-order valence-electron chi connectivity index (χ2n) is 6.23. The molecule has 0 atom stereocenters. The molecule has 0 amide bonds. The first-order valence-electron chi connectivity index (χ1n) is 7.56. The lowest BCUT2D eigenvalue weighted by Crippen LogP contribution is -2.28. The summed E-state index contributed by atoms with van der Waals surface area (Å²) in [7, 11) is 0. The summed E-state index contributed by atoms with van der Waals surface area (Å²) in [6.07, 6.45) is 3.83. The molecule has 0 unspecified atom stereocenters. The standard InChI is InChI=1S/C17H23N3/c1-12(2)9-10-20(15-5-6-15)17-8-3-13-11-14(18)4-7-16(13)19-17/h3-4,7-8,11-12,15H,5-6,9-10,18H2,1-2H3. The Bertz CT molecular complexity index is 602. The van der Waals surface area contributed by atoms with E-state index in [0.717, 1.165) is 34.9 Å². The van der Waals surface area contributed by atoms with Gasteiger partial charge in [0.15, 0.2) is 0 Å². The van der Waals surface area contributed by atoms with E-state index in [2.05, 4.69) is 30.9 Å². The molecular weight excluding hydrogens is 246 g/mol. The van der Waals surface area contributed by atoms with Crippen LogP contribution in [0.15, 0.2) is 30.3 Å². The number of aromatic nitrogens is 1. The van der Waals surface area contributed by atoms with E-state index in [1.165, 1.54) is 19.3 Å². The molecular formula is C17H23N3. The van der Waals surface area contributed by atoms with Gasteiger partial charge < -0.3 is 10.6 Å². The van der Waals surface area contributed by atoms with Gasteiger partial charge in [-0.1, -0.05) is 13.8 Å². The van der Waals surface area contributed by atoms with Gasteiger partial charge in [-0.05, 0) is 55.5 Å². The first kappa shape index (κ1) is 13.2. The molecule has 3 nitrogen and oxygen atoms in total. The number of nitrogen functional groups attached to an aromatic ring is 1. The normalized spacial score (nSPS) is 14.9. The summed E-state index contributed by atoms with van der Waals surface area (Å²) in [5, 5.41) is 1.12. The van der Waals surface area contributed by atoms with Gasteiger partial charge in [-0.2, -0.15) is 0 Å². The summed E-state index contributed by atoms with van der Waals surface area (Å²) in [4.78, 5) is 7.31. The zero-order valence-corrected chi connectivity index (χ0v) is 12.3. The van der Waals surface area contributed by atoms with E-state index in [-0.39, 0.29) is 0 Å². The molecule has 0 aliphatic heterocycles. The summed E-state index contributed by atoms with van der Waals surface area (Å²) in [5.74, 6) is 1.85. The Labute approximate surface area is 120 Å². The third-order valence-electron chi connectivity index (χ3n) is 3.93. The second kappa shape index (κ2) is 5.31. The van der Waals surface area contributed by atoms with Gasteiger partial charge in [0.05, 0.1) is 5.52 Å². The van der Waals surface area contributed by atoms with Gasteiger partial charge in [0, 0.05) is 23.7 Å². The molecule has 2 N–H and O–H groups in total. The van der Waals surface area contributed by atoms with Crippen LogP contribution < -0.4 is 10.6 Å². The van der Waals surface area contributed by atoms with Crippen LogP contribution in [0.5, 0.6) is 0 Å². The molecule has 3 heteroatoms. The van der Waals surface area contributed by atoms with Gasteiger partial charge >= 0.3 is 0 Å². The average molecular weight is 269 g/mol. The highest BCUT2D eigenvalue weighted by Crippen LogP contribution is 2.32. The van der Waals surface area contributed by atoms with Crippen LogP contribution in [0.25, 0.3) is 10.9 Å². The third-order valence-corrected chi connectivity index (χ3v) is 3.93. The minimum atomic E-state index is 0.701. The van der Waals surface area contributed by atoms with Crippen LogP contribution in [0.2, 0.25) is 0 Å². The monoisotopic (exact) mass is 269 g/mol. The van der Waals surface area contributed by atoms with Crippen molar-refractivity contribution >= 4 is 22.4 Å². The number of anilines is 2. The zero-order valence-electron chi connectivity index (χ0n) is 12.3. The van der Waals surface area contributed by atoms with Gasteiger partial charge in [-0.15, -0.1) is 0 Å². The Hall–Kier alpha value is -1.77. The Balaban J connectivity index is 1.88. The van der Waals surface area contributed by atoms with Gasteiger partial charge in [0.1, 0.15) is 5.82 Å². The van der Waals surface area contributed by atoms with Crippen molar-refractivity contribution in [2.75, 3.05) is 17.2 Å². The number of rotatable bonds is 5. The van der Waals surface area contributed by atoms with Crippen molar-refractivity contribution < 1.29 is 0 Å². The molecule has 0 bridgehead atoms. The van der Waals surface area contributed by atoms with Gasteiger partial charge in [-0.25, -0.2) is 4.98 Å². The van der Waals surface area contributed by atoms with Gasteiger partial charge in [0.2, 0.25) is 0 Å². The molecule has 1 saturated carbocycles. The lowest BCUT2D eigenvalue weighted by Gasteiger charge is -2.24. The van der Waals surface area contributed by atoms with E-state index in [1.807, 2.05) is 18.2 Å². The number of pyridine rings is 1. The van der Waals surface area contributed by atoms with E-state index in [9.17, 15) is 0 Å². The summed E-state index contributed by atoms with van der Waals surface area (Å²) >= 11 is 0. The van der Waals surface area contributed by atoms with Crippen LogP contribution in [-0.4, -0.2) is 17.6 Å². The van der Waals surface area contributed by atoms with Crippen LogP contribution in [0, 0.1) is 5.92 Å². The fourth-order valence-electron chi connectivity index (χ4n) is 2.56. The number of hydrogen-bond donors (Lipinski definition) is 1. The lowest BCUT2D eigenvalue weighted by molar-refractivity contribution is 0.569. The second-order valence-corrected chi connectivity index (χ2v) is 6.23. The first-order valence-corrected chi connectivity index (χ1v) is 7.56. The lowest BCUT2D eigenvalue weighted by atomic mass is 10.1. The Kier molecular flexibility index (Phi) is 3.51. The molecule has 0 radical (unpaired) electrons. The molecule has 1 aliphatic carbocycles. The molecule has 106 valence electrons. The molecule has 3 rings (SSSR count). The summed E-state index contributed by atoms with van der Waals surface area (Å²) in [6, 6.07) is 10.9. The van der Waals surface area contributed by atoms with E-state index >= 15 is 0 Å². The highest BCUT2D eigenvalue weighted by Gasteiger charge is 2.29. The van der Waals surface area contributed by atoms with E-state index in [0.29, 0.717) is 6.04 Å². The number of fused-ring (bicyclic) bond motifs is 1. The van der Waals surface area contributed by atoms with Crippen LogP contribution in [0.3, 0.4) is 0 Å². The summed E-state index contributed by atoms with van der Waals surface area (Å²) in [5.41, 5.74) is 7.65. The molecule has 0 saturated heterocycles. The van der Waals surface area contributed by atoms with Crippen LogP contribution in [0.1, 0.15) is 33.1 Å². The van der Waals surface area contributed by atoms with Gasteiger partial charge in [-0.3, -0.25) is 0 Å². The number of hydrogen-bond acceptors (Lipinski definition) is 3. The van der Waals surface area contributed by atoms with E-state index < -0.39 is 0 Å². The maximum Gasteiger partial charge on any atom is 0.129 e. The van der Waals surface area contributed by atoms with Gasteiger partial charge in [0.25, 0.3) is 0 Å². The summed E-state index contributed by atoms with van der Waals surface area (Å²) in [6.45, 7) is 5.67. The molecule has 1 aromatic carbocycles. The quantitative estimate of drug-likeness (QED) is 0.839. The first-order chi connectivity index (χ1) is 9.63. The third kappa shape index (κ3) is 2.87. The smallest absolute Gasteiger partial charge is 0.129 e. The van der Waals surface area contributed by atoms with Crippen molar-refractivity contribution in [3.05, 3.63) is 30.3 Å².